The number of nitrogens with zero attached hydrogens (tertiary/aromatic N) is 4. The predicted molar refractivity (Wildman–Crippen MR) is 110 cm³/mol. The average molecular weight is 439 g/mol. The topological polar surface area (TPSA) is 63.6 Å². The summed E-state index contributed by atoms with van der Waals surface area (Å²) in [5, 5.41) is 9.62. The van der Waals surface area contributed by atoms with E-state index in [0.29, 0.717) is 12.3 Å². The van der Waals surface area contributed by atoms with Crippen LogP contribution in [0.2, 0.25) is 0 Å². The van der Waals surface area contributed by atoms with Gasteiger partial charge < -0.3 is 9.32 Å². The Morgan fingerprint density at radius 2 is 2.14 bits per heavy atom. The third kappa shape index (κ3) is 2.81. The van der Waals surface area contributed by atoms with E-state index in [-0.39, 0.29) is 11.8 Å². The maximum atomic E-state index is 13.2. The molecule has 142 valence electrons. The second-order valence-electron chi connectivity index (χ2n) is 7.27. The number of halogens is 1. The minimum atomic E-state index is -0.0525. The van der Waals surface area contributed by atoms with Gasteiger partial charge in [-0.25, -0.2) is 0 Å². The highest BCUT2D eigenvalue weighted by molar-refractivity contribution is 9.10. The Hall–Kier alpha value is -2.67. The molecule has 7 heteroatoms. The minimum Gasteiger partial charge on any atom is -0.451 e. The van der Waals surface area contributed by atoms with E-state index in [4.69, 9.17) is 4.42 Å². The monoisotopic (exact) mass is 438 g/mol. The normalized spacial score (nSPS) is 17.5. The summed E-state index contributed by atoms with van der Waals surface area (Å²) in [6.07, 6.45) is 3.90. The van der Waals surface area contributed by atoms with Gasteiger partial charge in [0.25, 0.3) is 5.91 Å². The van der Waals surface area contributed by atoms with Crippen molar-refractivity contribution < 1.29 is 9.21 Å². The second-order valence-corrected chi connectivity index (χ2v) is 8.19. The molecule has 0 N–H and O–H groups in total. The first-order valence-electron chi connectivity index (χ1n) is 9.39. The molecule has 1 aromatic carbocycles. The van der Waals surface area contributed by atoms with Gasteiger partial charge in [-0.1, -0.05) is 22.0 Å². The number of furan rings is 1. The Kier molecular flexibility index (Phi) is 4.19. The van der Waals surface area contributed by atoms with E-state index in [2.05, 4.69) is 26.1 Å². The number of pyridine rings is 1. The summed E-state index contributed by atoms with van der Waals surface area (Å²) < 4.78 is 8.91. The zero-order valence-electron chi connectivity index (χ0n) is 15.4. The molecule has 1 atom stereocenters. The lowest BCUT2D eigenvalue weighted by Crippen LogP contribution is -2.39. The lowest BCUT2D eigenvalue weighted by molar-refractivity contribution is 0.0673. The number of amides is 1. The Bertz CT molecular complexity index is 1200. The lowest BCUT2D eigenvalue weighted by Gasteiger charge is -2.31. The zero-order chi connectivity index (χ0) is 19.3. The first kappa shape index (κ1) is 17.4. The number of piperidine rings is 1. The number of carbonyl (C=O) groups is 1. The highest BCUT2D eigenvalue weighted by Gasteiger charge is 2.31. The molecule has 5 rings (SSSR count). The second kappa shape index (κ2) is 6.74. The molecule has 6 nitrogen and oxygen atoms in total. The van der Waals surface area contributed by atoms with Crippen LogP contribution < -0.4 is 0 Å². The predicted octanol–water partition coefficient (Wildman–Crippen LogP) is 4.57. The van der Waals surface area contributed by atoms with Gasteiger partial charge in [-0.3, -0.25) is 9.20 Å². The van der Waals surface area contributed by atoms with Gasteiger partial charge in [-0.05, 0) is 50.1 Å². The van der Waals surface area contributed by atoms with E-state index in [0.717, 1.165) is 51.9 Å². The average Bonchev–Trinajstić information content (AvgIpc) is 3.29. The number of carbonyl (C=O) groups excluding carboxylic acids is 1. The van der Waals surface area contributed by atoms with Crippen LogP contribution in [0.5, 0.6) is 0 Å². The SMILES string of the molecule is Cc1c(C(=O)N2CCCC(c3nnc4ccccn34)C2)oc2ccc(Br)cc12. The standard InChI is InChI=1S/C21H19BrN4O2/c1-13-16-11-15(22)7-8-17(16)28-19(13)21(27)25-9-4-5-14(12-25)20-24-23-18-6-2-3-10-26(18)20/h2-3,6-8,10-11,14H,4-5,9,12H2,1H3. The molecule has 0 radical (unpaired) electrons. The molecule has 1 unspecified atom stereocenters. The molecule has 0 spiro atoms. The van der Waals surface area contributed by atoms with Gasteiger partial charge in [0, 0.05) is 40.6 Å². The van der Waals surface area contributed by atoms with Crippen LogP contribution in [0.15, 0.2) is 51.5 Å². The summed E-state index contributed by atoms with van der Waals surface area (Å²) in [7, 11) is 0. The fourth-order valence-electron chi connectivity index (χ4n) is 4.05. The summed E-state index contributed by atoms with van der Waals surface area (Å²) in [6.45, 7) is 3.29. The number of aromatic nitrogens is 3. The maximum absolute atomic E-state index is 13.2. The molecule has 1 saturated heterocycles. The smallest absolute Gasteiger partial charge is 0.289 e. The maximum Gasteiger partial charge on any atom is 0.289 e. The van der Waals surface area contributed by atoms with Gasteiger partial charge in [0.2, 0.25) is 0 Å². The van der Waals surface area contributed by atoms with E-state index in [1.165, 1.54) is 0 Å². The molecule has 28 heavy (non-hydrogen) atoms. The highest BCUT2D eigenvalue weighted by atomic mass is 79.9. The van der Waals surface area contributed by atoms with Gasteiger partial charge in [0.15, 0.2) is 11.4 Å². The van der Waals surface area contributed by atoms with E-state index < -0.39 is 0 Å². The molecular formula is C21H19BrN4O2. The number of benzene rings is 1. The summed E-state index contributed by atoms with van der Waals surface area (Å²) in [5.74, 6) is 1.45. The summed E-state index contributed by atoms with van der Waals surface area (Å²) in [5.41, 5.74) is 2.46. The Morgan fingerprint density at radius 3 is 3.04 bits per heavy atom. The number of rotatable bonds is 2. The molecule has 1 aliphatic heterocycles. The van der Waals surface area contributed by atoms with Crippen molar-refractivity contribution in [2.24, 2.45) is 0 Å². The van der Waals surface area contributed by atoms with Crippen LogP contribution in [0, 0.1) is 6.92 Å². The number of likely N-dealkylation sites (tertiary alicyclic amines) is 1. The highest BCUT2D eigenvalue weighted by Crippen LogP contribution is 2.31. The van der Waals surface area contributed by atoms with Crippen LogP contribution in [0.25, 0.3) is 16.6 Å². The molecule has 1 aliphatic rings. The molecule has 1 amide bonds. The fourth-order valence-corrected chi connectivity index (χ4v) is 4.41. The van der Waals surface area contributed by atoms with Gasteiger partial charge in [-0.2, -0.15) is 0 Å². The van der Waals surface area contributed by atoms with E-state index >= 15 is 0 Å². The van der Waals surface area contributed by atoms with Crippen LogP contribution in [0.3, 0.4) is 0 Å². The van der Waals surface area contributed by atoms with Crippen molar-refractivity contribution in [1.82, 2.24) is 19.5 Å². The summed E-state index contributed by atoms with van der Waals surface area (Å²) in [4.78, 5) is 15.1. The van der Waals surface area contributed by atoms with Crippen LogP contribution in [-0.2, 0) is 0 Å². The summed E-state index contributed by atoms with van der Waals surface area (Å²) >= 11 is 3.49. The third-order valence-corrected chi connectivity index (χ3v) is 6.00. The third-order valence-electron chi connectivity index (χ3n) is 5.51. The van der Waals surface area contributed by atoms with Crippen molar-refractivity contribution >= 4 is 38.5 Å². The van der Waals surface area contributed by atoms with Crippen molar-refractivity contribution in [3.63, 3.8) is 0 Å². The van der Waals surface area contributed by atoms with Crippen molar-refractivity contribution in [3.05, 3.63) is 64.2 Å². The van der Waals surface area contributed by atoms with E-state index in [9.17, 15) is 4.79 Å². The van der Waals surface area contributed by atoms with Crippen LogP contribution in [-0.4, -0.2) is 38.5 Å². The van der Waals surface area contributed by atoms with Crippen LogP contribution in [0.1, 0.15) is 40.7 Å². The van der Waals surface area contributed by atoms with Crippen LogP contribution >= 0.6 is 15.9 Å². The molecular weight excluding hydrogens is 420 g/mol. The fraction of sp³-hybridized carbons (Fsp3) is 0.286. The van der Waals surface area contributed by atoms with Crippen molar-refractivity contribution in [3.8, 4) is 0 Å². The van der Waals surface area contributed by atoms with Crippen molar-refractivity contribution in [2.45, 2.75) is 25.7 Å². The molecule has 0 aliphatic carbocycles. The van der Waals surface area contributed by atoms with Crippen LogP contribution in [0.4, 0.5) is 0 Å². The largest absolute Gasteiger partial charge is 0.451 e. The molecule has 3 aromatic heterocycles. The minimum absolute atomic E-state index is 0.0525. The first-order chi connectivity index (χ1) is 13.6. The number of aryl methyl sites for hydroxylation is 1. The molecule has 4 aromatic rings. The lowest BCUT2D eigenvalue weighted by atomic mass is 9.96. The Balaban J connectivity index is 1.45. The number of fused-ring (bicyclic) bond motifs is 2. The van der Waals surface area contributed by atoms with E-state index in [1.807, 2.05) is 58.8 Å². The molecule has 0 saturated carbocycles. The molecule has 1 fully saturated rings. The zero-order valence-corrected chi connectivity index (χ0v) is 17.0. The first-order valence-corrected chi connectivity index (χ1v) is 10.2. The van der Waals surface area contributed by atoms with Gasteiger partial charge in [0.05, 0.1) is 0 Å². The number of hydrogen-bond donors (Lipinski definition) is 0. The van der Waals surface area contributed by atoms with Crippen molar-refractivity contribution in [1.29, 1.82) is 0 Å². The van der Waals surface area contributed by atoms with Gasteiger partial charge in [0.1, 0.15) is 11.4 Å². The molecule has 4 heterocycles. The van der Waals surface area contributed by atoms with Gasteiger partial charge >= 0.3 is 0 Å². The quantitative estimate of drug-likeness (QED) is 0.459. The van der Waals surface area contributed by atoms with Gasteiger partial charge in [-0.15, -0.1) is 10.2 Å². The van der Waals surface area contributed by atoms with Crippen molar-refractivity contribution in [2.75, 3.05) is 13.1 Å². The van der Waals surface area contributed by atoms with E-state index in [1.54, 1.807) is 0 Å². The summed E-state index contributed by atoms with van der Waals surface area (Å²) in [6, 6.07) is 11.7. The Morgan fingerprint density at radius 1 is 1.25 bits per heavy atom. The Labute approximate surface area is 170 Å². The number of hydrogen-bond acceptors (Lipinski definition) is 4. The molecule has 0 bridgehead atoms.